The molecular weight excluding hydrogens is 236 g/mol. The van der Waals surface area contributed by atoms with E-state index < -0.39 is 0 Å². The molecule has 19 heavy (non-hydrogen) atoms. The molecule has 1 aromatic heterocycles. The summed E-state index contributed by atoms with van der Waals surface area (Å²) in [6.45, 7) is 5.69. The Morgan fingerprint density at radius 3 is 2.68 bits per heavy atom. The number of aryl methyl sites for hydroxylation is 2. The predicted octanol–water partition coefficient (Wildman–Crippen LogP) is 3.46. The summed E-state index contributed by atoms with van der Waals surface area (Å²) in [5.41, 5.74) is 5.12. The van der Waals surface area contributed by atoms with E-state index in [-0.39, 0.29) is 0 Å². The largest absolute Gasteiger partial charge is 0.361 e. The third kappa shape index (κ3) is 2.71. The van der Waals surface area contributed by atoms with E-state index in [4.69, 9.17) is 4.52 Å². The van der Waals surface area contributed by atoms with Gasteiger partial charge in [0.15, 0.2) is 0 Å². The molecule has 1 aromatic carbocycles. The van der Waals surface area contributed by atoms with Crippen molar-refractivity contribution >= 4 is 0 Å². The number of hydrogen-bond acceptors (Lipinski definition) is 3. The van der Waals surface area contributed by atoms with Crippen LogP contribution in [0.5, 0.6) is 0 Å². The maximum absolute atomic E-state index is 5.18. The number of rotatable bonds is 5. The Kier molecular flexibility index (Phi) is 3.38. The molecule has 1 heterocycles. The molecule has 0 amide bonds. The second kappa shape index (κ2) is 5.17. The highest BCUT2D eigenvalue weighted by Gasteiger charge is 2.25. The van der Waals surface area contributed by atoms with Gasteiger partial charge in [-0.15, -0.1) is 0 Å². The average Bonchev–Trinajstić information content (AvgIpc) is 3.21. The van der Waals surface area contributed by atoms with Crippen molar-refractivity contribution < 1.29 is 4.52 Å². The molecule has 0 unspecified atom stereocenters. The van der Waals surface area contributed by atoms with Crippen LogP contribution in [0.2, 0.25) is 0 Å². The lowest BCUT2D eigenvalue weighted by molar-refractivity contribution is 0.392. The lowest BCUT2D eigenvalue weighted by atomic mass is 10.0. The van der Waals surface area contributed by atoms with E-state index >= 15 is 0 Å². The molecule has 3 heteroatoms. The third-order valence-electron chi connectivity index (χ3n) is 3.87. The summed E-state index contributed by atoms with van der Waals surface area (Å²) in [5, 5.41) is 7.49. The summed E-state index contributed by atoms with van der Waals surface area (Å²) in [5.74, 6) is 1.72. The maximum Gasteiger partial charge on any atom is 0.138 e. The highest BCUT2D eigenvalue weighted by Crippen LogP contribution is 2.41. The van der Waals surface area contributed by atoms with Gasteiger partial charge in [-0.05, 0) is 43.7 Å². The Labute approximate surface area is 114 Å². The van der Waals surface area contributed by atoms with Crippen LogP contribution in [0.1, 0.15) is 46.9 Å². The first-order valence-electron chi connectivity index (χ1n) is 6.96. The molecule has 1 fully saturated rings. The van der Waals surface area contributed by atoms with E-state index in [9.17, 15) is 0 Å². The van der Waals surface area contributed by atoms with Crippen molar-refractivity contribution in [2.75, 3.05) is 0 Å². The van der Waals surface area contributed by atoms with Gasteiger partial charge in [-0.3, -0.25) is 0 Å². The van der Waals surface area contributed by atoms with Crippen LogP contribution in [0.4, 0.5) is 0 Å². The summed E-state index contributed by atoms with van der Waals surface area (Å²) in [6, 6.07) is 8.77. The minimum absolute atomic E-state index is 0.803. The van der Waals surface area contributed by atoms with Gasteiger partial charge in [0.1, 0.15) is 5.76 Å². The molecule has 1 saturated carbocycles. The first-order valence-corrected chi connectivity index (χ1v) is 6.96. The second-order valence-electron chi connectivity index (χ2n) is 5.38. The van der Waals surface area contributed by atoms with Crippen LogP contribution < -0.4 is 5.32 Å². The van der Waals surface area contributed by atoms with Crippen LogP contribution in [-0.2, 0) is 13.1 Å². The van der Waals surface area contributed by atoms with Crippen molar-refractivity contribution in [1.82, 2.24) is 10.5 Å². The van der Waals surface area contributed by atoms with Gasteiger partial charge in [-0.2, -0.15) is 0 Å². The minimum Gasteiger partial charge on any atom is -0.361 e. The molecule has 0 radical (unpaired) electrons. The molecule has 0 spiro atoms. The highest BCUT2D eigenvalue weighted by atomic mass is 16.5. The summed E-state index contributed by atoms with van der Waals surface area (Å²) in [4.78, 5) is 0. The summed E-state index contributed by atoms with van der Waals surface area (Å²) < 4.78 is 5.18. The smallest absolute Gasteiger partial charge is 0.138 e. The van der Waals surface area contributed by atoms with Crippen molar-refractivity contribution in [1.29, 1.82) is 0 Å². The lowest BCUT2D eigenvalue weighted by Crippen LogP contribution is -2.14. The fourth-order valence-corrected chi connectivity index (χ4v) is 2.56. The van der Waals surface area contributed by atoms with Gasteiger partial charge in [-0.1, -0.05) is 29.4 Å². The molecule has 0 saturated heterocycles. The molecule has 0 bridgehead atoms. The SMILES string of the molecule is Cc1noc(C)c1CNCc1ccccc1C1CC1. The average molecular weight is 256 g/mol. The quantitative estimate of drug-likeness (QED) is 0.890. The van der Waals surface area contributed by atoms with Crippen molar-refractivity contribution in [3.05, 3.63) is 52.4 Å². The van der Waals surface area contributed by atoms with E-state index in [1.54, 1.807) is 0 Å². The molecule has 0 aliphatic heterocycles. The monoisotopic (exact) mass is 256 g/mol. The number of aromatic nitrogens is 1. The van der Waals surface area contributed by atoms with Crippen molar-refractivity contribution in [2.45, 2.75) is 45.7 Å². The molecule has 100 valence electrons. The number of nitrogens with zero attached hydrogens (tertiary/aromatic N) is 1. The lowest BCUT2D eigenvalue weighted by Gasteiger charge is -2.09. The first kappa shape index (κ1) is 12.4. The summed E-state index contributed by atoms with van der Waals surface area (Å²) in [6.07, 6.45) is 2.70. The highest BCUT2D eigenvalue weighted by molar-refractivity contribution is 5.33. The maximum atomic E-state index is 5.18. The van der Waals surface area contributed by atoms with Crippen LogP contribution >= 0.6 is 0 Å². The number of benzene rings is 1. The zero-order valence-electron chi connectivity index (χ0n) is 11.6. The Balaban J connectivity index is 1.64. The van der Waals surface area contributed by atoms with Crippen LogP contribution in [0.3, 0.4) is 0 Å². The predicted molar refractivity (Wildman–Crippen MR) is 74.9 cm³/mol. The molecular formula is C16H20N2O. The molecule has 3 rings (SSSR count). The topological polar surface area (TPSA) is 38.1 Å². The van der Waals surface area contributed by atoms with E-state index in [2.05, 4.69) is 34.7 Å². The molecule has 3 nitrogen and oxygen atoms in total. The zero-order chi connectivity index (χ0) is 13.2. The summed E-state index contributed by atoms with van der Waals surface area (Å²) >= 11 is 0. The molecule has 0 atom stereocenters. The van der Waals surface area contributed by atoms with Gasteiger partial charge in [0, 0.05) is 18.7 Å². The van der Waals surface area contributed by atoms with Crippen molar-refractivity contribution in [3.8, 4) is 0 Å². The standard InChI is InChI=1S/C16H20N2O/c1-11-16(12(2)19-18-11)10-17-9-14-5-3-4-6-15(14)13-7-8-13/h3-6,13,17H,7-10H2,1-2H3. The zero-order valence-corrected chi connectivity index (χ0v) is 11.6. The van der Waals surface area contributed by atoms with Crippen LogP contribution in [0, 0.1) is 13.8 Å². The Morgan fingerprint density at radius 2 is 2.00 bits per heavy atom. The Hall–Kier alpha value is -1.61. The molecule has 1 N–H and O–H groups in total. The van der Waals surface area contributed by atoms with Crippen molar-refractivity contribution in [3.63, 3.8) is 0 Å². The van der Waals surface area contributed by atoms with Crippen molar-refractivity contribution in [2.24, 2.45) is 0 Å². The van der Waals surface area contributed by atoms with Gasteiger partial charge >= 0.3 is 0 Å². The van der Waals surface area contributed by atoms with Gasteiger partial charge in [-0.25, -0.2) is 0 Å². The van der Waals surface area contributed by atoms with E-state index in [1.165, 1.54) is 29.5 Å². The minimum atomic E-state index is 0.803. The summed E-state index contributed by atoms with van der Waals surface area (Å²) in [7, 11) is 0. The second-order valence-corrected chi connectivity index (χ2v) is 5.38. The Morgan fingerprint density at radius 1 is 1.21 bits per heavy atom. The van der Waals surface area contributed by atoms with Crippen LogP contribution in [0.15, 0.2) is 28.8 Å². The Bertz CT molecular complexity index is 550. The van der Waals surface area contributed by atoms with Gasteiger partial charge in [0.25, 0.3) is 0 Å². The normalized spacial score (nSPS) is 14.8. The fourth-order valence-electron chi connectivity index (χ4n) is 2.56. The first-order chi connectivity index (χ1) is 9.25. The molecule has 2 aromatic rings. The molecule has 1 aliphatic carbocycles. The van der Waals surface area contributed by atoms with Gasteiger partial charge in [0.05, 0.1) is 5.69 Å². The van der Waals surface area contributed by atoms with Gasteiger partial charge in [0.2, 0.25) is 0 Å². The molecule has 1 aliphatic rings. The van der Waals surface area contributed by atoms with Crippen LogP contribution in [-0.4, -0.2) is 5.16 Å². The van der Waals surface area contributed by atoms with Crippen LogP contribution in [0.25, 0.3) is 0 Å². The van der Waals surface area contributed by atoms with E-state index in [0.717, 1.165) is 30.5 Å². The number of nitrogens with one attached hydrogen (secondary N) is 1. The van der Waals surface area contributed by atoms with E-state index in [1.807, 2.05) is 13.8 Å². The van der Waals surface area contributed by atoms with E-state index in [0.29, 0.717) is 0 Å². The van der Waals surface area contributed by atoms with Gasteiger partial charge < -0.3 is 9.84 Å². The number of hydrogen-bond donors (Lipinski definition) is 1. The fraction of sp³-hybridized carbons (Fsp3) is 0.438. The third-order valence-corrected chi connectivity index (χ3v) is 3.87.